The average molecular weight is 677 g/mol. The number of nitrogen functional groups attached to an aromatic ring is 1. The quantitative estimate of drug-likeness (QED) is 0.0850. The van der Waals surface area contributed by atoms with Gasteiger partial charge in [-0.15, -0.1) is 6.58 Å². The summed E-state index contributed by atoms with van der Waals surface area (Å²) >= 11 is 1.04. The first-order chi connectivity index (χ1) is 22.7. The Labute approximate surface area is 281 Å². The number of rotatable bonds is 7. The molecular weight excluding hydrogens is 636 g/mol. The van der Waals surface area contributed by atoms with Gasteiger partial charge in [-0.1, -0.05) is 45.5 Å². The number of benzene rings is 1. The molecule has 1 unspecified atom stereocenters. The first-order valence-corrected chi connectivity index (χ1v) is 17.1. The maximum absolute atomic E-state index is 13.7. The van der Waals surface area contributed by atoms with E-state index in [1.54, 1.807) is 6.08 Å². The van der Waals surface area contributed by atoms with Crippen LogP contribution in [-0.2, 0) is 14.3 Å². The number of hydrogen-bond donors (Lipinski definition) is 2. The minimum atomic E-state index is -0.766. The van der Waals surface area contributed by atoms with E-state index in [1.807, 2.05) is 6.92 Å². The number of aromatic nitrogens is 4. The molecule has 0 spiro atoms. The number of carbonyl (C=O) groups excluding carboxylic acids is 3. The van der Waals surface area contributed by atoms with Gasteiger partial charge >= 0.3 is 5.97 Å². The summed E-state index contributed by atoms with van der Waals surface area (Å²) in [5, 5.41) is 23.0. The molecule has 2 bridgehead atoms. The molecule has 0 aliphatic heterocycles. The number of nitro groups is 1. The molecule has 3 saturated carbocycles. The number of aliphatic hydroxyl groups is 1. The third-order valence-electron chi connectivity index (χ3n) is 11.8. The van der Waals surface area contributed by atoms with Crippen molar-refractivity contribution in [3.05, 3.63) is 58.9 Å². The van der Waals surface area contributed by atoms with E-state index in [2.05, 4.69) is 42.3 Å². The standard InChI is InChI=1S/C34H40N6O7S/c1-6-32(4)15-23(33(5)18(2)11-13-34(19(3)27(32)43)14-12-22(41)26(33)34)47-24(42)16-48-29-25-28(37-31(35)38-29)39(17-36-25)30(44)20-7-9-21(10-8-20)40(45)46/h6-10,17-19,23,26-27,43H,1,11-16H2,2-5H3,(H2,35,37,38)/t18-,19+,23-,26?,27+,32-,33+,34+/m1/s1. The van der Waals surface area contributed by atoms with Crippen LogP contribution < -0.4 is 5.73 Å². The van der Waals surface area contributed by atoms with Gasteiger partial charge in [0.25, 0.3) is 11.6 Å². The number of Topliss-reactive ketones (excluding diaryl/α,β-unsaturated/α-hetero) is 1. The first-order valence-electron chi connectivity index (χ1n) is 16.1. The Morgan fingerprint density at radius 3 is 2.60 bits per heavy atom. The normalized spacial score (nSPS) is 33.0. The van der Waals surface area contributed by atoms with Crippen molar-refractivity contribution in [3.63, 3.8) is 0 Å². The number of nitrogens with zero attached hydrogens (tertiary/aromatic N) is 5. The number of imidazole rings is 1. The van der Waals surface area contributed by atoms with Crippen LogP contribution in [0.4, 0.5) is 11.6 Å². The Hall–Kier alpha value is -4.17. The molecular formula is C34H40N6O7S. The van der Waals surface area contributed by atoms with Crippen LogP contribution in [0.25, 0.3) is 11.2 Å². The summed E-state index contributed by atoms with van der Waals surface area (Å²) < 4.78 is 7.51. The number of ketones is 1. The molecule has 1 aromatic carbocycles. The van der Waals surface area contributed by atoms with Crippen LogP contribution in [0.2, 0.25) is 0 Å². The van der Waals surface area contributed by atoms with Crippen LogP contribution in [0, 0.1) is 44.1 Å². The Balaban J connectivity index is 1.27. The monoisotopic (exact) mass is 676 g/mol. The van der Waals surface area contributed by atoms with E-state index in [-0.39, 0.29) is 68.1 Å². The summed E-state index contributed by atoms with van der Waals surface area (Å²) in [7, 11) is 0. The SMILES string of the molecule is C=C[C@]1(C)C[C@@H](OC(=O)CSc2nc(N)nc3c2ncn3C(=O)c2ccc([N+](=O)[O-])cc2)[C@@]2(C)C3C(=O)CC[C@@]3(CC[C@H]2C)[C@@H](C)[C@@H]1O. The minimum absolute atomic E-state index is 0.0955. The van der Waals surface area contributed by atoms with Gasteiger partial charge in [0, 0.05) is 40.9 Å². The summed E-state index contributed by atoms with van der Waals surface area (Å²) in [6, 6.07) is 5.14. The van der Waals surface area contributed by atoms with Crippen molar-refractivity contribution in [2.45, 2.75) is 77.0 Å². The molecule has 3 aliphatic rings. The second-order valence-electron chi connectivity index (χ2n) is 14.1. The number of nitro benzene ring substituents is 1. The van der Waals surface area contributed by atoms with Crippen molar-refractivity contribution in [3.8, 4) is 0 Å². The molecule has 14 heteroatoms. The number of nitrogens with two attached hydrogens (primary N) is 1. The van der Waals surface area contributed by atoms with Crippen molar-refractivity contribution in [2.24, 2.45) is 34.0 Å². The second-order valence-corrected chi connectivity index (χ2v) is 15.1. The number of anilines is 1. The molecule has 3 aliphatic carbocycles. The van der Waals surface area contributed by atoms with Gasteiger partial charge in [0.15, 0.2) is 5.65 Å². The number of ether oxygens (including phenoxy) is 1. The molecule has 3 N–H and O–H groups in total. The van der Waals surface area contributed by atoms with Crippen LogP contribution in [0.15, 0.2) is 48.3 Å². The lowest BCUT2D eigenvalue weighted by atomic mass is 9.44. The van der Waals surface area contributed by atoms with E-state index < -0.39 is 39.8 Å². The predicted molar refractivity (Wildman–Crippen MR) is 178 cm³/mol. The number of aliphatic hydroxyl groups excluding tert-OH is 1. The average Bonchev–Trinajstić information content (AvgIpc) is 3.65. The fourth-order valence-corrected chi connectivity index (χ4v) is 9.59. The fraction of sp³-hybridized carbons (Fsp3) is 0.529. The topological polar surface area (TPSA) is 193 Å². The first kappa shape index (κ1) is 33.7. The van der Waals surface area contributed by atoms with E-state index in [4.69, 9.17) is 10.5 Å². The van der Waals surface area contributed by atoms with Crippen LogP contribution in [0.5, 0.6) is 0 Å². The molecule has 0 radical (unpaired) electrons. The number of thioether (sulfide) groups is 1. The molecule has 48 heavy (non-hydrogen) atoms. The van der Waals surface area contributed by atoms with E-state index >= 15 is 0 Å². The van der Waals surface area contributed by atoms with Crippen LogP contribution >= 0.6 is 11.8 Å². The molecule has 3 fully saturated rings. The predicted octanol–water partition coefficient (Wildman–Crippen LogP) is 5.00. The second kappa shape index (κ2) is 12.1. The van der Waals surface area contributed by atoms with E-state index in [9.17, 15) is 29.6 Å². The highest BCUT2D eigenvalue weighted by atomic mass is 32.2. The molecule has 3 aromatic rings. The number of esters is 1. The van der Waals surface area contributed by atoms with Gasteiger partial charge in [0.1, 0.15) is 28.8 Å². The van der Waals surface area contributed by atoms with Gasteiger partial charge in [-0.05, 0) is 55.1 Å². The van der Waals surface area contributed by atoms with Crippen LogP contribution in [0.1, 0.15) is 70.2 Å². The Morgan fingerprint density at radius 2 is 1.94 bits per heavy atom. The van der Waals surface area contributed by atoms with Crippen LogP contribution in [-0.4, -0.2) is 65.2 Å². The zero-order valence-corrected chi connectivity index (χ0v) is 28.2. The van der Waals surface area contributed by atoms with Crippen molar-refractivity contribution >= 4 is 52.2 Å². The van der Waals surface area contributed by atoms with Crippen molar-refractivity contribution in [2.75, 3.05) is 11.5 Å². The van der Waals surface area contributed by atoms with E-state index in [1.165, 1.54) is 35.2 Å². The lowest BCUT2D eigenvalue weighted by molar-refractivity contribution is -0.384. The Morgan fingerprint density at radius 1 is 1.23 bits per heavy atom. The smallest absolute Gasteiger partial charge is 0.316 e. The fourth-order valence-electron chi connectivity index (χ4n) is 8.83. The number of carbonyl (C=O) groups is 3. The molecule has 13 nitrogen and oxygen atoms in total. The summed E-state index contributed by atoms with van der Waals surface area (Å²) in [5.74, 6) is -1.55. The van der Waals surface area contributed by atoms with Crippen molar-refractivity contribution in [1.29, 1.82) is 0 Å². The maximum Gasteiger partial charge on any atom is 0.316 e. The maximum atomic E-state index is 13.7. The molecule has 254 valence electrons. The Bertz CT molecular complexity index is 1830. The zero-order valence-electron chi connectivity index (χ0n) is 27.4. The lowest BCUT2D eigenvalue weighted by Gasteiger charge is -2.61. The summed E-state index contributed by atoms with van der Waals surface area (Å²) in [6.45, 7) is 12.3. The Kier molecular flexibility index (Phi) is 8.47. The summed E-state index contributed by atoms with van der Waals surface area (Å²) in [6.07, 6.45) is 4.79. The third-order valence-corrected chi connectivity index (χ3v) is 12.8. The van der Waals surface area contributed by atoms with Crippen molar-refractivity contribution in [1.82, 2.24) is 19.5 Å². The number of non-ortho nitro benzene ring substituents is 1. The van der Waals surface area contributed by atoms with Gasteiger partial charge < -0.3 is 15.6 Å². The zero-order chi connectivity index (χ0) is 34.8. The van der Waals surface area contributed by atoms with E-state index in [0.29, 0.717) is 19.3 Å². The molecule has 6 rings (SSSR count). The summed E-state index contributed by atoms with van der Waals surface area (Å²) in [5.41, 5.74) is 4.62. The van der Waals surface area contributed by atoms with Gasteiger partial charge in [0.05, 0.1) is 16.8 Å². The van der Waals surface area contributed by atoms with Crippen molar-refractivity contribution < 1.29 is 29.2 Å². The molecule has 0 saturated heterocycles. The highest BCUT2D eigenvalue weighted by Gasteiger charge is 2.68. The lowest BCUT2D eigenvalue weighted by Crippen LogP contribution is -2.63. The number of fused-ring (bicyclic) bond motifs is 1. The molecule has 2 aromatic heterocycles. The number of hydrogen-bond acceptors (Lipinski definition) is 12. The van der Waals surface area contributed by atoms with Gasteiger partial charge in [-0.2, -0.15) is 4.98 Å². The van der Waals surface area contributed by atoms with Crippen LogP contribution in [0.3, 0.4) is 0 Å². The van der Waals surface area contributed by atoms with Gasteiger partial charge in [-0.3, -0.25) is 24.5 Å². The highest BCUT2D eigenvalue weighted by Crippen LogP contribution is 2.68. The largest absolute Gasteiger partial charge is 0.461 e. The third kappa shape index (κ3) is 5.20. The molecule has 2 heterocycles. The molecule has 8 atom stereocenters. The van der Waals surface area contributed by atoms with E-state index in [0.717, 1.165) is 24.6 Å². The summed E-state index contributed by atoms with van der Waals surface area (Å²) in [4.78, 5) is 63.9. The minimum Gasteiger partial charge on any atom is -0.461 e. The highest BCUT2D eigenvalue weighted by molar-refractivity contribution is 8.00. The van der Waals surface area contributed by atoms with Gasteiger partial charge in [0.2, 0.25) is 5.95 Å². The van der Waals surface area contributed by atoms with Gasteiger partial charge in [-0.25, -0.2) is 14.5 Å². The molecule has 0 amide bonds.